The lowest BCUT2D eigenvalue weighted by Crippen LogP contribution is -2.25. The summed E-state index contributed by atoms with van der Waals surface area (Å²) >= 11 is 6.16. The number of hydrogen-bond donors (Lipinski definition) is 2. The molecular weight excluding hydrogens is 488 g/mol. The molecule has 0 atom stereocenters. The molecule has 5 rings (SSSR count). The number of carbonyl (C=O) groups excluding carboxylic acids is 1. The molecule has 0 aliphatic heterocycles. The van der Waals surface area contributed by atoms with Crippen LogP contribution in [0.1, 0.15) is 41.3 Å². The quantitative estimate of drug-likeness (QED) is 0.299. The number of amides is 1. The molecule has 3 aromatic carbocycles. The highest BCUT2D eigenvalue weighted by Gasteiger charge is 2.18. The van der Waals surface area contributed by atoms with E-state index < -0.39 is 5.56 Å². The fourth-order valence-electron chi connectivity index (χ4n) is 4.38. The number of fused-ring (bicyclic) bond motifs is 1. The number of nitrogens with one attached hydrogen (secondary N) is 2. The van der Waals surface area contributed by atoms with Crippen molar-refractivity contribution in [1.29, 1.82) is 0 Å². The summed E-state index contributed by atoms with van der Waals surface area (Å²) in [7, 11) is 0. The zero-order valence-corrected chi connectivity index (χ0v) is 21.2. The number of ether oxygens (including phenoxy) is 1. The van der Waals surface area contributed by atoms with Crippen molar-refractivity contribution in [2.24, 2.45) is 0 Å². The Morgan fingerprint density at radius 1 is 1.05 bits per heavy atom. The molecule has 0 fully saturated rings. The topological polar surface area (TPSA) is 85.2 Å². The van der Waals surface area contributed by atoms with E-state index in [4.69, 9.17) is 16.3 Å². The molecule has 188 valence electrons. The second kappa shape index (κ2) is 10.9. The summed E-state index contributed by atoms with van der Waals surface area (Å²) in [6.07, 6.45) is 5.56. The molecule has 0 radical (unpaired) electrons. The Kier molecular flexibility index (Phi) is 7.23. The molecule has 1 heterocycles. The van der Waals surface area contributed by atoms with Crippen LogP contribution in [-0.4, -0.2) is 22.2 Å². The fourth-order valence-corrected chi connectivity index (χ4v) is 4.57. The van der Waals surface area contributed by atoms with Crippen molar-refractivity contribution in [3.05, 3.63) is 105 Å². The van der Waals surface area contributed by atoms with Gasteiger partial charge in [0.15, 0.2) is 11.4 Å². The number of rotatable bonds is 8. The summed E-state index contributed by atoms with van der Waals surface area (Å²) in [5, 5.41) is 10.9. The molecule has 4 aromatic rings. The van der Waals surface area contributed by atoms with E-state index in [-0.39, 0.29) is 17.3 Å². The Morgan fingerprint density at radius 2 is 1.89 bits per heavy atom. The highest BCUT2D eigenvalue weighted by Crippen LogP contribution is 2.32. The summed E-state index contributed by atoms with van der Waals surface area (Å²) in [4.78, 5) is 26.2. The highest BCUT2D eigenvalue weighted by molar-refractivity contribution is 6.30. The third-order valence-corrected chi connectivity index (χ3v) is 6.46. The number of nitrogens with zero attached hydrogens (tertiary/aromatic N) is 2. The molecule has 0 spiro atoms. The van der Waals surface area contributed by atoms with Crippen LogP contribution >= 0.6 is 11.6 Å². The predicted molar refractivity (Wildman–Crippen MR) is 146 cm³/mol. The van der Waals surface area contributed by atoms with Crippen molar-refractivity contribution in [3.63, 3.8) is 0 Å². The molecule has 7 nitrogen and oxygen atoms in total. The molecule has 1 aliphatic carbocycles. The largest absolute Gasteiger partial charge is 0.453 e. The lowest BCUT2D eigenvalue weighted by molar-refractivity contribution is 0.0953. The number of carbonyl (C=O) groups is 1. The van der Waals surface area contributed by atoms with E-state index in [9.17, 15) is 9.59 Å². The van der Waals surface area contributed by atoms with E-state index in [0.717, 1.165) is 25.7 Å². The van der Waals surface area contributed by atoms with Crippen molar-refractivity contribution < 1.29 is 9.53 Å². The van der Waals surface area contributed by atoms with E-state index in [1.807, 2.05) is 19.1 Å². The fraction of sp³-hybridized carbons (Fsp3) is 0.207. The van der Waals surface area contributed by atoms with Crippen LogP contribution in [0.2, 0.25) is 5.02 Å². The SMILES string of the molecule is CCCNC(=O)c1cccc(Nc2c(Oc3ccc4c(c3)CCC4)cnn(-c3cccc(Cl)c3)c2=O)c1. The minimum absolute atomic E-state index is 0.175. The molecule has 0 saturated carbocycles. The molecule has 0 saturated heterocycles. The molecule has 37 heavy (non-hydrogen) atoms. The van der Waals surface area contributed by atoms with Gasteiger partial charge >= 0.3 is 0 Å². The minimum Gasteiger partial charge on any atom is -0.453 e. The first-order valence-corrected chi connectivity index (χ1v) is 12.7. The number of anilines is 2. The van der Waals surface area contributed by atoms with E-state index >= 15 is 0 Å². The summed E-state index contributed by atoms with van der Waals surface area (Å²) in [6, 6.07) is 19.9. The van der Waals surface area contributed by atoms with Crippen molar-refractivity contribution in [3.8, 4) is 17.2 Å². The van der Waals surface area contributed by atoms with E-state index in [0.29, 0.717) is 34.3 Å². The standard InChI is InChI=1S/C29H27ClN4O3/c1-2-14-31-28(35)21-8-4-10-23(15-21)33-27-26(37-25-13-12-19-6-3-7-20(19)16-25)18-32-34(29(27)36)24-11-5-9-22(30)17-24/h4-5,8-13,15-18,33H,2-3,6-7,14H2,1H3,(H,31,35). The van der Waals surface area contributed by atoms with Gasteiger partial charge in [0.25, 0.3) is 11.5 Å². The maximum atomic E-state index is 13.7. The van der Waals surface area contributed by atoms with Gasteiger partial charge in [-0.15, -0.1) is 0 Å². The average Bonchev–Trinajstić information content (AvgIpc) is 3.37. The third kappa shape index (κ3) is 5.52. The number of aryl methyl sites for hydroxylation is 2. The van der Waals surface area contributed by atoms with Crippen LogP contribution in [0.5, 0.6) is 11.5 Å². The molecule has 1 aromatic heterocycles. The zero-order valence-electron chi connectivity index (χ0n) is 20.5. The molecule has 8 heteroatoms. The molecule has 1 aliphatic rings. The number of benzene rings is 3. The van der Waals surface area contributed by atoms with Gasteiger partial charge in [0, 0.05) is 22.8 Å². The van der Waals surface area contributed by atoms with E-state index in [1.54, 1.807) is 48.5 Å². The maximum absolute atomic E-state index is 13.7. The monoisotopic (exact) mass is 514 g/mol. The third-order valence-electron chi connectivity index (χ3n) is 6.22. The van der Waals surface area contributed by atoms with Crippen LogP contribution in [-0.2, 0) is 12.8 Å². The predicted octanol–water partition coefficient (Wildman–Crippen LogP) is 6.05. The first-order chi connectivity index (χ1) is 18.0. The lowest BCUT2D eigenvalue weighted by atomic mass is 10.1. The van der Waals surface area contributed by atoms with E-state index in [2.05, 4.69) is 21.8 Å². The molecule has 2 N–H and O–H groups in total. The number of halogens is 1. The van der Waals surface area contributed by atoms with Gasteiger partial charge in [0.1, 0.15) is 5.75 Å². The first-order valence-electron chi connectivity index (χ1n) is 12.3. The maximum Gasteiger partial charge on any atom is 0.299 e. The average molecular weight is 515 g/mol. The van der Waals surface area contributed by atoms with Gasteiger partial charge < -0.3 is 15.4 Å². The normalized spacial score (nSPS) is 12.2. The Bertz CT molecular complexity index is 1520. The second-order valence-corrected chi connectivity index (χ2v) is 9.36. The number of hydrogen-bond acceptors (Lipinski definition) is 5. The minimum atomic E-state index is -0.415. The Labute approximate surface area is 220 Å². The molecule has 0 unspecified atom stereocenters. The smallest absolute Gasteiger partial charge is 0.299 e. The Balaban J connectivity index is 1.54. The van der Waals surface area contributed by atoms with Gasteiger partial charge in [-0.1, -0.05) is 36.7 Å². The molecule has 1 amide bonds. The Morgan fingerprint density at radius 3 is 2.73 bits per heavy atom. The van der Waals surface area contributed by atoms with Gasteiger partial charge in [-0.3, -0.25) is 9.59 Å². The first kappa shape index (κ1) is 24.6. The Hall–Kier alpha value is -4.10. The van der Waals surface area contributed by atoms with Crippen LogP contribution in [0.15, 0.2) is 77.7 Å². The van der Waals surface area contributed by atoms with Gasteiger partial charge in [-0.2, -0.15) is 9.78 Å². The van der Waals surface area contributed by atoms with Gasteiger partial charge in [-0.05, 0) is 85.3 Å². The van der Waals surface area contributed by atoms with Crippen molar-refractivity contribution in [2.75, 3.05) is 11.9 Å². The zero-order chi connectivity index (χ0) is 25.8. The molecule has 0 bridgehead atoms. The van der Waals surface area contributed by atoms with Crippen molar-refractivity contribution in [2.45, 2.75) is 32.6 Å². The van der Waals surface area contributed by atoms with Gasteiger partial charge in [0.2, 0.25) is 0 Å². The van der Waals surface area contributed by atoms with Crippen LogP contribution in [0.4, 0.5) is 11.4 Å². The van der Waals surface area contributed by atoms with Crippen LogP contribution in [0, 0.1) is 0 Å². The van der Waals surface area contributed by atoms with Crippen molar-refractivity contribution in [1.82, 2.24) is 15.1 Å². The van der Waals surface area contributed by atoms with E-state index in [1.165, 1.54) is 22.0 Å². The molecular formula is C29H27ClN4O3. The van der Waals surface area contributed by atoms with Crippen LogP contribution < -0.4 is 20.9 Å². The summed E-state index contributed by atoms with van der Waals surface area (Å²) in [5.74, 6) is 0.742. The summed E-state index contributed by atoms with van der Waals surface area (Å²) in [5.41, 5.74) is 3.96. The van der Waals surface area contributed by atoms with Crippen LogP contribution in [0.3, 0.4) is 0 Å². The summed E-state index contributed by atoms with van der Waals surface area (Å²) in [6.45, 7) is 2.58. The number of aromatic nitrogens is 2. The lowest BCUT2D eigenvalue weighted by Gasteiger charge is -2.15. The van der Waals surface area contributed by atoms with Gasteiger partial charge in [0.05, 0.1) is 11.9 Å². The van der Waals surface area contributed by atoms with Gasteiger partial charge in [-0.25, -0.2) is 0 Å². The van der Waals surface area contributed by atoms with Crippen LogP contribution in [0.25, 0.3) is 5.69 Å². The van der Waals surface area contributed by atoms with Crippen molar-refractivity contribution >= 4 is 28.9 Å². The highest BCUT2D eigenvalue weighted by atomic mass is 35.5. The second-order valence-electron chi connectivity index (χ2n) is 8.93. The summed E-state index contributed by atoms with van der Waals surface area (Å²) < 4.78 is 7.45.